The van der Waals surface area contributed by atoms with Crippen molar-refractivity contribution in [1.82, 2.24) is 10.6 Å². The molecule has 2 fully saturated rings. The Morgan fingerprint density at radius 3 is 2.11 bits per heavy atom. The van der Waals surface area contributed by atoms with Gasteiger partial charge in [-0.15, -0.1) is 0 Å². The lowest BCUT2D eigenvalue weighted by Crippen LogP contribution is -2.50. The number of fused-ring (bicyclic) bond motifs is 1. The van der Waals surface area contributed by atoms with Crippen LogP contribution in [-0.4, -0.2) is 30.3 Å². The molecule has 1 saturated heterocycles. The molecule has 2 aliphatic rings. The molecule has 1 aliphatic heterocycles. The molecule has 0 radical (unpaired) electrons. The first-order valence-corrected chi connectivity index (χ1v) is 7.39. The molecule has 1 saturated carbocycles. The highest BCUT2D eigenvalue weighted by Crippen LogP contribution is 2.43. The van der Waals surface area contributed by atoms with Crippen molar-refractivity contribution in [3.63, 3.8) is 0 Å². The number of carbonyl (C=O) groups excluding carboxylic acids is 1. The molecule has 110 valence electrons. The molecular weight excluding hydrogens is 240 g/mol. The summed E-state index contributed by atoms with van der Waals surface area (Å²) >= 11 is 0. The van der Waals surface area contributed by atoms with Gasteiger partial charge in [0.05, 0.1) is 0 Å². The number of alkyl carbamates (subject to hydrolysis) is 1. The van der Waals surface area contributed by atoms with Gasteiger partial charge in [0.25, 0.3) is 0 Å². The van der Waals surface area contributed by atoms with E-state index in [1.165, 1.54) is 12.8 Å². The molecule has 1 heterocycles. The Morgan fingerprint density at radius 2 is 1.63 bits per heavy atom. The first-order chi connectivity index (χ1) is 8.67. The molecular formula is C15H28N2O2. The molecule has 0 aromatic heterocycles. The normalized spacial score (nSPS) is 31.1. The lowest BCUT2D eigenvalue weighted by atomic mass is 9.85. The van der Waals surface area contributed by atoms with Crippen LogP contribution in [0.1, 0.15) is 47.5 Å². The smallest absolute Gasteiger partial charge is 0.408 e. The van der Waals surface area contributed by atoms with Gasteiger partial charge in [0.2, 0.25) is 0 Å². The Labute approximate surface area is 116 Å². The van der Waals surface area contributed by atoms with Gasteiger partial charge in [0.1, 0.15) is 5.60 Å². The summed E-state index contributed by atoms with van der Waals surface area (Å²) in [6.07, 6.45) is 2.12. The third-order valence-electron chi connectivity index (χ3n) is 4.50. The quantitative estimate of drug-likeness (QED) is 0.809. The Balaban J connectivity index is 1.90. The summed E-state index contributed by atoms with van der Waals surface area (Å²) in [6, 6.07) is 0. The molecule has 1 aliphatic carbocycles. The summed E-state index contributed by atoms with van der Waals surface area (Å²) < 4.78 is 5.36. The predicted molar refractivity (Wildman–Crippen MR) is 76.0 cm³/mol. The number of hydrogen-bond acceptors (Lipinski definition) is 3. The van der Waals surface area contributed by atoms with Gasteiger partial charge in [-0.1, -0.05) is 0 Å². The van der Waals surface area contributed by atoms with E-state index in [4.69, 9.17) is 4.74 Å². The lowest BCUT2D eigenvalue weighted by molar-refractivity contribution is 0.0434. The molecule has 2 rings (SSSR count). The van der Waals surface area contributed by atoms with Crippen LogP contribution in [0.3, 0.4) is 0 Å². The van der Waals surface area contributed by atoms with Gasteiger partial charge in [-0.3, -0.25) is 0 Å². The van der Waals surface area contributed by atoms with Crippen molar-refractivity contribution < 1.29 is 9.53 Å². The van der Waals surface area contributed by atoms with Crippen LogP contribution in [0, 0.1) is 17.8 Å². The monoisotopic (exact) mass is 268 g/mol. The Kier molecular flexibility index (Phi) is 3.83. The minimum Gasteiger partial charge on any atom is -0.444 e. The van der Waals surface area contributed by atoms with Gasteiger partial charge in [0.15, 0.2) is 0 Å². The van der Waals surface area contributed by atoms with Crippen molar-refractivity contribution in [3.05, 3.63) is 0 Å². The van der Waals surface area contributed by atoms with Crippen LogP contribution in [0.2, 0.25) is 0 Å². The second kappa shape index (κ2) is 4.97. The highest BCUT2D eigenvalue weighted by molar-refractivity contribution is 5.68. The van der Waals surface area contributed by atoms with E-state index in [1.54, 1.807) is 0 Å². The fourth-order valence-corrected chi connectivity index (χ4v) is 3.42. The summed E-state index contributed by atoms with van der Waals surface area (Å²) in [5.41, 5.74) is -0.622. The molecule has 0 spiro atoms. The Morgan fingerprint density at radius 1 is 1.11 bits per heavy atom. The van der Waals surface area contributed by atoms with Crippen LogP contribution >= 0.6 is 0 Å². The number of amides is 1. The number of hydrogen-bond donors (Lipinski definition) is 2. The van der Waals surface area contributed by atoms with Crippen molar-refractivity contribution in [2.45, 2.75) is 58.6 Å². The summed E-state index contributed by atoms with van der Waals surface area (Å²) in [6.45, 7) is 12.2. The Hall–Kier alpha value is -0.770. The lowest BCUT2D eigenvalue weighted by Gasteiger charge is -2.34. The van der Waals surface area contributed by atoms with Crippen LogP contribution in [-0.2, 0) is 4.74 Å². The highest BCUT2D eigenvalue weighted by atomic mass is 16.6. The maximum Gasteiger partial charge on any atom is 0.408 e. The average Bonchev–Trinajstić information content (AvgIpc) is 2.70. The topological polar surface area (TPSA) is 50.4 Å². The molecule has 4 nitrogen and oxygen atoms in total. The molecule has 2 N–H and O–H groups in total. The van der Waals surface area contributed by atoms with E-state index >= 15 is 0 Å². The fraction of sp³-hybridized carbons (Fsp3) is 0.933. The van der Waals surface area contributed by atoms with Crippen molar-refractivity contribution in [2.75, 3.05) is 13.1 Å². The molecule has 0 bridgehead atoms. The van der Waals surface area contributed by atoms with E-state index in [0.29, 0.717) is 5.92 Å². The van der Waals surface area contributed by atoms with E-state index in [1.807, 2.05) is 20.8 Å². The van der Waals surface area contributed by atoms with E-state index in [9.17, 15) is 4.79 Å². The zero-order valence-electron chi connectivity index (χ0n) is 12.9. The van der Waals surface area contributed by atoms with Crippen LogP contribution in [0.5, 0.6) is 0 Å². The van der Waals surface area contributed by atoms with Gasteiger partial charge in [0, 0.05) is 5.54 Å². The fourth-order valence-electron chi connectivity index (χ4n) is 3.42. The third-order valence-corrected chi connectivity index (χ3v) is 4.50. The maximum absolute atomic E-state index is 11.9. The van der Waals surface area contributed by atoms with E-state index < -0.39 is 5.60 Å². The second-order valence-corrected chi connectivity index (χ2v) is 7.70. The standard InChI is InChI=1S/C15H28N2O2/c1-14(2,3)19-13(18)17-15(4,5)12-6-10-8-16-9-11(10)7-12/h10-12,16H,6-9H2,1-5H3,(H,17,18)/t10-,11+,12+. The first kappa shape index (κ1) is 14.6. The number of ether oxygens (including phenoxy) is 1. The molecule has 3 atom stereocenters. The van der Waals surface area contributed by atoms with Crippen LogP contribution in [0.15, 0.2) is 0 Å². The first-order valence-electron chi connectivity index (χ1n) is 7.39. The summed E-state index contributed by atoms with van der Waals surface area (Å²) in [4.78, 5) is 11.9. The molecule has 4 heteroatoms. The van der Waals surface area contributed by atoms with Crippen molar-refractivity contribution in [2.24, 2.45) is 17.8 Å². The number of nitrogens with one attached hydrogen (secondary N) is 2. The summed E-state index contributed by atoms with van der Waals surface area (Å²) in [5.74, 6) is 2.14. The zero-order chi connectivity index (χ0) is 14.3. The van der Waals surface area contributed by atoms with Gasteiger partial charge < -0.3 is 15.4 Å². The van der Waals surface area contributed by atoms with Crippen LogP contribution < -0.4 is 10.6 Å². The molecule has 0 unspecified atom stereocenters. The third kappa shape index (κ3) is 3.62. The van der Waals surface area contributed by atoms with Gasteiger partial charge in [-0.05, 0) is 78.3 Å². The van der Waals surface area contributed by atoms with Crippen LogP contribution in [0.25, 0.3) is 0 Å². The number of rotatable bonds is 2. The van der Waals surface area contributed by atoms with E-state index in [-0.39, 0.29) is 11.6 Å². The SMILES string of the molecule is CC(C)(C)OC(=O)NC(C)(C)[C@@H]1C[C@H]2CNC[C@H]2C1. The highest BCUT2D eigenvalue weighted by Gasteiger charge is 2.44. The maximum atomic E-state index is 11.9. The second-order valence-electron chi connectivity index (χ2n) is 7.70. The Bertz CT molecular complexity index is 335. The van der Waals surface area contributed by atoms with Gasteiger partial charge >= 0.3 is 6.09 Å². The summed E-state index contributed by atoms with van der Waals surface area (Å²) in [5, 5.41) is 6.52. The predicted octanol–water partition coefficient (Wildman–Crippen LogP) is 2.54. The molecule has 1 amide bonds. The molecule has 0 aromatic rings. The van der Waals surface area contributed by atoms with E-state index in [0.717, 1.165) is 24.9 Å². The van der Waals surface area contributed by atoms with Crippen LogP contribution in [0.4, 0.5) is 4.79 Å². The minimum atomic E-state index is -0.434. The largest absolute Gasteiger partial charge is 0.444 e. The molecule has 19 heavy (non-hydrogen) atoms. The van der Waals surface area contributed by atoms with E-state index in [2.05, 4.69) is 24.5 Å². The minimum absolute atomic E-state index is 0.188. The van der Waals surface area contributed by atoms with Crippen molar-refractivity contribution in [1.29, 1.82) is 0 Å². The average molecular weight is 268 g/mol. The van der Waals surface area contributed by atoms with Gasteiger partial charge in [-0.25, -0.2) is 4.79 Å². The zero-order valence-corrected chi connectivity index (χ0v) is 12.9. The molecule has 0 aromatic carbocycles. The number of carbonyl (C=O) groups is 1. The van der Waals surface area contributed by atoms with Crippen molar-refractivity contribution >= 4 is 6.09 Å². The van der Waals surface area contributed by atoms with Gasteiger partial charge in [-0.2, -0.15) is 0 Å². The summed E-state index contributed by atoms with van der Waals surface area (Å²) in [7, 11) is 0. The van der Waals surface area contributed by atoms with Crippen molar-refractivity contribution in [3.8, 4) is 0 Å².